The average molecular weight is 271 g/mol. The van der Waals surface area contributed by atoms with Gasteiger partial charge in [-0.15, -0.1) is 11.3 Å². The second-order valence-corrected chi connectivity index (χ2v) is 6.97. The molecule has 0 spiro atoms. The number of nitrogens with zero attached hydrogens (tertiary/aromatic N) is 1. The molecule has 1 aliphatic carbocycles. The number of nitrogens with one attached hydrogen (secondary N) is 1. The highest BCUT2D eigenvalue weighted by atomic mass is 35.5. The van der Waals surface area contributed by atoms with Crippen molar-refractivity contribution in [3.8, 4) is 0 Å². The number of halogens is 1. The van der Waals surface area contributed by atoms with E-state index in [9.17, 15) is 0 Å². The molecule has 1 saturated heterocycles. The van der Waals surface area contributed by atoms with Crippen LogP contribution in [0.2, 0.25) is 4.34 Å². The van der Waals surface area contributed by atoms with Gasteiger partial charge in [0.2, 0.25) is 0 Å². The van der Waals surface area contributed by atoms with E-state index in [1.165, 1.54) is 42.7 Å². The minimum Gasteiger partial charge on any atom is -0.308 e. The Bertz CT molecular complexity index is 404. The van der Waals surface area contributed by atoms with E-state index in [2.05, 4.69) is 23.3 Å². The molecule has 0 amide bonds. The Morgan fingerprint density at radius 1 is 1.53 bits per heavy atom. The molecule has 1 aromatic rings. The highest BCUT2D eigenvalue weighted by molar-refractivity contribution is 7.16. The third kappa shape index (κ3) is 2.39. The van der Waals surface area contributed by atoms with Crippen molar-refractivity contribution in [2.24, 2.45) is 0 Å². The first-order valence-corrected chi connectivity index (χ1v) is 7.65. The number of hydrogen-bond donors (Lipinski definition) is 1. The van der Waals surface area contributed by atoms with Gasteiger partial charge in [0, 0.05) is 23.5 Å². The first-order valence-electron chi connectivity index (χ1n) is 6.46. The predicted octanol–water partition coefficient (Wildman–Crippen LogP) is 3.07. The molecule has 2 nitrogen and oxygen atoms in total. The van der Waals surface area contributed by atoms with E-state index in [4.69, 9.17) is 11.6 Å². The molecule has 0 saturated carbocycles. The number of aryl methyl sites for hydroxylation is 1. The molecule has 4 heteroatoms. The monoisotopic (exact) mass is 270 g/mol. The van der Waals surface area contributed by atoms with Crippen LogP contribution < -0.4 is 5.32 Å². The van der Waals surface area contributed by atoms with Crippen LogP contribution in [0.15, 0.2) is 6.07 Å². The van der Waals surface area contributed by atoms with Gasteiger partial charge in [-0.05, 0) is 50.9 Å². The van der Waals surface area contributed by atoms with Gasteiger partial charge in [0.15, 0.2) is 0 Å². The van der Waals surface area contributed by atoms with Crippen LogP contribution in [0.1, 0.15) is 35.7 Å². The van der Waals surface area contributed by atoms with E-state index in [-0.39, 0.29) is 0 Å². The summed E-state index contributed by atoms with van der Waals surface area (Å²) in [6, 6.07) is 3.43. The zero-order chi connectivity index (χ0) is 11.8. The lowest BCUT2D eigenvalue weighted by atomic mass is 10.1. The second kappa shape index (κ2) is 4.88. The van der Waals surface area contributed by atoms with E-state index < -0.39 is 0 Å². The van der Waals surface area contributed by atoms with Gasteiger partial charge >= 0.3 is 0 Å². The molecule has 1 aliphatic heterocycles. The topological polar surface area (TPSA) is 15.3 Å². The molecule has 94 valence electrons. The van der Waals surface area contributed by atoms with Crippen molar-refractivity contribution in [1.29, 1.82) is 0 Å². The first kappa shape index (κ1) is 12.0. The smallest absolute Gasteiger partial charge is 0.0934 e. The summed E-state index contributed by atoms with van der Waals surface area (Å²) in [4.78, 5) is 3.97. The van der Waals surface area contributed by atoms with E-state index in [1.807, 2.05) is 0 Å². The molecular weight excluding hydrogens is 252 g/mol. The highest BCUT2D eigenvalue weighted by Crippen LogP contribution is 2.39. The molecule has 2 heterocycles. The number of hydrogen-bond acceptors (Lipinski definition) is 3. The number of thiophene rings is 1. The van der Waals surface area contributed by atoms with Crippen molar-refractivity contribution in [2.45, 2.75) is 37.8 Å². The maximum Gasteiger partial charge on any atom is 0.0934 e. The van der Waals surface area contributed by atoms with Gasteiger partial charge in [-0.3, -0.25) is 0 Å². The lowest BCUT2D eigenvalue weighted by Crippen LogP contribution is -2.36. The van der Waals surface area contributed by atoms with E-state index >= 15 is 0 Å². The molecule has 0 radical (unpaired) electrons. The Labute approximate surface area is 112 Å². The predicted molar refractivity (Wildman–Crippen MR) is 74.0 cm³/mol. The summed E-state index contributed by atoms with van der Waals surface area (Å²) >= 11 is 7.83. The van der Waals surface area contributed by atoms with Crippen molar-refractivity contribution in [3.63, 3.8) is 0 Å². The lowest BCUT2D eigenvalue weighted by Gasteiger charge is -2.22. The maximum absolute atomic E-state index is 6.08. The lowest BCUT2D eigenvalue weighted by molar-refractivity contribution is 0.291. The van der Waals surface area contributed by atoms with E-state index in [1.54, 1.807) is 11.3 Å². The molecule has 3 rings (SSSR count). The standard InChI is InChI=1S/C13H19ClN2S/c1-16-6-2-3-9(16)8-15-11-4-5-12-10(11)7-13(14)17-12/h7,9,11,15H,2-6,8H2,1H3. The fraction of sp³-hybridized carbons (Fsp3) is 0.692. The quantitative estimate of drug-likeness (QED) is 0.908. The minimum atomic E-state index is 0.544. The van der Waals surface area contributed by atoms with Gasteiger partial charge in [-0.1, -0.05) is 11.6 Å². The van der Waals surface area contributed by atoms with Crippen LogP contribution in [-0.2, 0) is 6.42 Å². The van der Waals surface area contributed by atoms with Crippen molar-refractivity contribution >= 4 is 22.9 Å². The van der Waals surface area contributed by atoms with Crippen LogP contribution in [0, 0.1) is 0 Å². The molecule has 1 aromatic heterocycles. The SMILES string of the molecule is CN1CCCC1CNC1CCc2sc(Cl)cc21. The van der Waals surface area contributed by atoms with Crippen molar-refractivity contribution < 1.29 is 0 Å². The maximum atomic E-state index is 6.08. The fourth-order valence-electron chi connectivity index (χ4n) is 3.06. The van der Waals surface area contributed by atoms with Gasteiger partial charge in [0.05, 0.1) is 4.34 Å². The Hall–Kier alpha value is -0.0900. The molecule has 0 bridgehead atoms. The number of likely N-dealkylation sites (N-methyl/N-ethyl adjacent to an activating group) is 1. The largest absolute Gasteiger partial charge is 0.308 e. The average Bonchev–Trinajstić information content (AvgIpc) is 2.93. The van der Waals surface area contributed by atoms with Crippen molar-refractivity contribution in [1.82, 2.24) is 10.2 Å². The van der Waals surface area contributed by atoms with Gasteiger partial charge < -0.3 is 10.2 Å². The molecule has 2 aliphatic rings. The van der Waals surface area contributed by atoms with Crippen LogP contribution in [0.4, 0.5) is 0 Å². The Morgan fingerprint density at radius 2 is 2.41 bits per heavy atom. The molecule has 2 atom stereocenters. The van der Waals surface area contributed by atoms with E-state index in [0.29, 0.717) is 6.04 Å². The molecule has 0 aromatic carbocycles. The van der Waals surface area contributed by atoms with Gasteiger partial charge in [0.25, 0.3) is 0 Å². The number of rotatable bonds is 3. The summed E-state index contributed by atoms with van der Waals surface area (Å²) in [7, 11) is 2.24. The second-order valence-electron chi connectivity index (χ2n) is 5.21. The summed E-state index contributed by atoms with van der Waals surface area (Å²) in [5, 5.41) is 3.73. The van der Waals surface area contributed by atoms with Crippen LogP contribution >= 0.6 is 22.9 Å². The normalized spacial score (nSPS) is 28.8. The molecule has 2 unspecified atom stereocenters. The Morgan fingerprint density at radius 3 is 3.18 bits per heavy atom. The third-order valence-corrected chi connectivity index (χ3v) is 5.46. The van der Waals surface area contributed by atoms with Crippen LogP contribution in [0.25, 0.3) is 0 Å². The molecule has 1 N–H and O–H groups in total. The first-order chi connectivity index (χ1) is 8.24. The van der Waals surface area contributed by atoms with Gasteiger partial charge in [-0.2, -0.15) is 0 Å². The third-order valence-electron chi connectivity index (χ3n) is 4.12. The number of likely N-dealkylation sites (tertiary alicyclic amines) is 1. The Balaban J connectivity index is 1.59. The Kier molecular flexibility index (Phi) is 3.44. The zero-order valence-corrected chi connectivity index (χ0v) is 11.8. The number of fused-ring (bicyclic) bond motifs is 1. The van der Waals surface area contributed by atoms with Gasteiger partial charge in [0.1, 0.15) is 0 Å². The van der Waals surface area contributed by atoms with Gasteiger partial charge in [-0.25, -0.2) is 0 Å². The minimum absolute atomic E-state index is 0.544. The summed E-state index contributed by atoms with van der Waals surface area (Å²) in [5.41, 5.74) is 1.46. The molecular formula is C13H19ClN2S. The van der Waals surface area contributed by atoms with E-state index in [0.717, 1.165) is 16.9 Å². The van der Waals surface area contributed by atoms with Crippen LogP contribution in [0.3, 0.4) is 0 Å². The van der Waals surface area contributed by atoms with Crippen molar-refractivity contribution in [2.75, 3.05) is 20.1 Å². The van der Waals surface area contributed by atoms with Crippen molar-refractivity contribution in [3.05, 3.63) is 20.8 Å². The zero-order valence-electron chi connectivity index (χ0n) is 10.2. The summed E-state index contributed by atoms with van der Waals surface area (Å²) < 4.78 is 0.944. The van der Waals surface area contributed by atoms with Crippen LogP contribution in [-0.4, -0.2) is 31.1 Å². The molecule has 17 heavy (non-hydrogen) atoms. The fourth-order valence-corrected chi connectivity index (χ4v) is 4.41. The summed E-state index contributed by atoms with van der Waals surface area (Å²) in [6.45, 7) is 2.38. The van der Waals surface area contributed by atoms with Crippen LogP contribution in [0.5, 0.6) is 0 Å². The highest BCUT2D eigenvalue weighted by Gasteiger charge is 2.27. The molecule has 1 fully saturated rings. The summed E-state index contributed by atoms with van der Waals surface area (Å²) in [6.07, 6.45) is 5.14. The summed E-state index contributed by atoms with van der Waals surface area (Å²) in [5.74, 6) is 0.